The van der Waals surface area contributed by atoms with Crippen molar-refractivity contribution in [1.82, 2.24) is 9.36 Å². The standard InChI is InChI=1S/C9H7ClN2S2/c1-13-9-11-8(14-12-9)6-4-2-3-5-7(6)10/h2-5H,1H3. The highest BCUT2D eigenvalue weighted by molar-refractivity contribution is 7.98. The molecular formula is C9H7ClN2S2. The molecule has 72 valence electrons. The summed E-state index contributed by atoms with van der Waals surface area (Å²) in [6.07, 6.45) is 1.96. The van der Waals surface area contributed by atoms with Gasteiger partial charge in [0.25, 0.3) is 0 Å². The SMILES string of the molecule is CSc1nsc(-c2ccccc2Cl)n1. The van der Waals surface area contributed by atoms with Crippen LogP contribution < -0.4 is 0 Å². The lowest BCUT2D eigenvalue weighted by Gasteiger charge is -1.96. The fourth-order valence-electron chi connectivity index (χ4n) is 1.04. The maximum Gasteiger partial charge on any atom is 0.200 e. The van der Waals surface area contributed by atoms with Crippen molar-refractivity contribution in [2.75, 3.05) is 6.26 Å². The highest BCUT2D eigenvalue weighted by Gasteiger charge is 2.08. The van der Waals surface area contributed by atoms with Crippen LogP contribution in [0.15, 0.2) is 29.4 Å². The van der Waals surface area contributed by atoms with Crippen LogP contribution in [-0.4, -0.2) is 15.6 Å². The Morgan fingerprint density at radius 3 is 2.79 bits per heavy atom. The Morgan fingerprint density at radius 1 is 1.36 bits per heavy atom. The lowest BCUT2D eigenvalue weighted by molar-refractivity contribution is 1.09. The molecule has 1 aromatic carbocycles. The largest absolute Gasteiger partial charge is 0.209 e. The summed E-state index contributed by atoms with van der Waals surface area (Å²) >= 11 is 8.95. The second-order valence-electron chi connectivity index (χ2n) is 2.57. The minimum absolute atomic E-state index is 0.719. The van der Waals surface area contributed by atoms with E-state index in [1.165, 1.54) is 23.3 Å². The van der Waals surface area contributed by atoms with Gasteiger partial charge in [-0.2, -0.15) is 4.37 Å². The Balaban J connectivity index is 2.44. The molecule has 2 rings (SSSR count). The van der Waals surface area contributed by atoms with Gasteiger partial charge in [-0.15, -0.1) is 0 Å². The van der Waals surface area contributed by atoms with Crippen LogP contribution in [0.1, 0.15) is 0 Å². The van der Waals surface area contributed by atoms with Crippen LogP contribution in [-0.2, 0) is 0 Å². The van der Waals surface area contributed by atoms with Crippen LogP contribution in [0.25, 0.3) is 10.6 Å². The minimum atomic E-state index is 0.719. The third kappa shape index (κ3) is 1.92. The number of halogens is 1. The first-order valence-corrected chi connectivity index (χ1v) is 6.31. The molecule has 0 aliphatic heterocycles. The van der Waals surface area contributed by atoms with Gasteiger partial charge in [-0.05, 0) is 23.9 Å². The lowest BCUT2D eigenvalue weighted by atomic mass is 10.2. The molecule has 0 aliphatic carbocycles. The smallest absolute Gasteiger partial charge is 0.200 e. The van der Waals surface area contributed by atoms with E-state index < -0.39 is 0 Å². The molecule has 0 unspecified atom stereocenters. The molecule has 2 aromatic rings. The van der Waals surface area contributed by atoms with Gasteiger partial charge in [0.15, 0.2) is 5.16 Å². The van der Waals surface area contributed by atoms with Gasteiger partial charge in [0.05, 0.1) is 5.02 Å². The fourth-order valence-corrected chi connectivity index (χ4v) is 2.58. The van der Waals surface area contributed by atoms with E-state index in [4.69, 9.17) is 11.6 Å². The zero-order chi connectivity index (χ0) is 9.97. The molecule has 1 aromatic heterocycles. The number of hydrogen-bond acceptors (Lipinski definition) is 4. The van der Waals surface area contributed by atoms with E-state index in [1.54, 1.807) is 0 Å². The van der Waals surface area contributed by atoms with Gasteiger partial charge in [0, 0.05) is 5.56 Å². The number of thioether (sulfide) groups is 1. The van der Waals surface area contributed by atoms with E-state index in [2.05, 4.69) is 9.36 Å². The Kier molecular flexibility index (Phi) is 3.05. The molecule has 2 nitrogen and oxygen atoms in total. The Hall–Kier alpha value is -0.580. The average Bonchev–Trinajstić information content (AvgIpc) is 2.67. The molecule has 0 fully saturated rings. The number of nitrogens with zero attached hydrogens (tertiary/aromatic N) is 2. The average molecular weight is 243 g/mol. The molecule has 0 aliphatic rings. The van der Waals surface area contributed by atoms with Crippen LogP contribution in [0.4, 0.5) is 0 Å². The molecule has 0 bridgehead atoms. The Morgan fingerprint density at radius 2 is 2.14 bits per heavy atom. The molecule has 14 heavy (non-hydrogen) atoms. The summed E-state index contributed by atoms with van der Waals surface area (Å²) in [7, 11) is 0. The second-order valence-corrected chi connectivity index (χ2v) is 4.50. The van der Waals surface area contributed by atoms with E-state index in [1.807, 2.05) is 30.5 Å². The Labute approximate surface area is 95.5 Å². The second kappa shape index (κ2) is 4.29. The molecule has 0 spiro atoms. The van der Waals surface area contributed by atoms with E-state index in [-0.39, 0.29) is 0 Å². The highest BCUT2D eigenvalue weighted by atomic mass is 35.5. The zero-order valence-electron chi connectivity index (χ0n) is 7.40. The fraction of sp³-hybridized carbons (Fsp3) is 0.111. The summed E-state index contributed by atoms with van der Waals surface area (Å²) in [5.74, 6) is 0. The van der Waals surface area contributed by atoms with Gasteiger partial charge in [0.2, 0.25) is 0 Å². The summed E-state index contributed by atoms with van der Waals surface area (Å²) in [6, 6.07) is 7.66. The molecule has 0 saturated carbocycles. The molecule has 0 radical (unpaired) electrons. The molecule has 0 amide bonds. The van der Waals surface area contributed by atoms with Crippen molar-refractivity contribution in [3.8, 4) is 10.6 Å². The van der Waals surface area contributed by atoms with Gasteiger partial charge < -0.3 is 0 Å². The van der Waals surface area contributed by atoms with Crippen LogP contribution >= 0.6 is 34.9 Å². The van der Waals surface area contributed by atoms with Gasteiger partial charge in [-0.3, -0.25) is 0 Å². The summed E-state index contributed by atoms with van der Waals surface area (Å²) in [5.41, 5.74) is 0.951. The van der Waals surface area contributed by atoms with E-state index in [9.17, 15) is 0 Å². The highest BCUT2D eigenvalue weighted by Crippen LogP contribution is 2.29. The molecular weight excluding hydrogens is 236 g/mol. The van der Waals surface area contributed by atoms with Gasteiger partial charge in [-0.1, -0.05) is 41.6 Å². The first-order valence-electron chi connectivity index (χ1n) is 3.94. The maximum absolute atomic E-state index is 6.04. The number of benzene rings is 1. The quantitative estimate of drug-likeness (QED) is 0.753. The van der Waals surface area contributed by atoms with Gasteiger partial charge in [0.1, 0.15) is 5.01 Å². The van der Waals surface area contributed by atoms with Crippen molar-refractivity contribution in [2.24, 2.45) is 0 Å². The normalized spacial score (nSPS) is 10.4. The monoisotopic (exact) mass is 242 g/mol. The van der Waals surface area contributed by atoms with E-state index >= 15 is 0 Å². The first kappa shape index (κ1) is 9.96. The first-order chi connectivity index (χ1) is 6.81. The van der Waals surface area contributed by atoms with Crippen LogP contribution in [0.2, 0.25) is 5.02 Å². The zero-order valence-corrected chi connectivity index (χ0v) is 9.79. The number of rotatable bonds is 2. The molecule has 0 saturated heterocycles. The lowest BCUT2D eigenvalue weighted by Crippen LogP contribution is -1.77. The van der Waals surface area contributed by atoms with Crippen molar-refractivity contribution in [3.63, 3.8) is 0 Å². The molecule has 1 heterocycles. The van der Waals surface area contributed by atoms with Crippen molar-refractivity contribution in [2.45, 2.75) is 5.16 Å². The van der Waals surface area contributed by atoms with E-state index in [0.29, 0.717) is 0 Å². The molecule has 0 N–H and O–H groups in total. The third-order valence-corrected chi connectivity index (χ3v) is 3.44. The van der Waals surface area contributed by atoms with Gasteiger partial charge >= 0.3 is 0 Å². The maximum atomic E-state index is 6.04. The van der Waals surface area contributed by atoms with Crippen molar-refractivity contribution in [1.29, 1.82) is 0 Å². The summed E-state index contributed by atoms with van der Waals surface area (Å²) < 4.78 is 4.19. The van der Waals surface area contributed by atoms with Crippen molar-refractivity contribution >= 4 is 34.9 Å². The van der Waals surface area contributed by atoms with Gasteiger partial charge in [-0.25, -0.2) is 4.98 Å². The minimum Gasteiger partial charge on any atom is -0.209 e. The molecule has 5 heteroatoms. The Bertz CT molecular complexity index is 442. The summed E-state index contributed by atoms with van der Waals surface area (Å²) in [4.78, 5) is 4.35. The summed E-state index contributed by atoms with van der Waals surface area (Å²) in [6.45, 7) is 0. The third-order valence-electron chi connectivity index (χ3n) is 1.69. The van der Waals surface area contributed by atoms with Crippen LogP contribution in [0.3, 0.4) is 0 Å². The van der Waals surface area contributed by atoms with Crippen LogP contribution in [0.5, 0.6) is 0 Å². The summed E-state index contributed by atoms with van der Waals surface area (Å²) in [5, 5.41) is 2.39. The number of aromatic nitrogens is 2. The van der Waals surface area contributed by atoms with Crippen LogP contribution in [0, 0.1) is 0 Å². The predicted molar refractivity (Wildman–Crippen MR) is 62.1 cm³/mol. The number of hydrogen-bond donors (Lipinski definition) is 0. The molecule has 0 atom stereocenters. The predicted octanol–water partition coefficient (Wildman–Crippen LogP) is 3.58. The van der Waals surface area contributed by atoms with E-state index in [0.717, 1.165) is 20.8 Å². The van der Waals surface area contributed by atoms with Crippen molar-refractivity contribution in [3.05, 3.63) is 29.3 Å². The topological polar surface area (TPSA) is 25.8 Å². The van der Waals surface area contributed by atoms with Crippen molar-refractivity contribution < 1.29 is 0 Å².